The first kappa shape index (κ1) is 21.3. The molecule has 2 heterocycles. The van der Waals surface area contributed by atoms with Gasteiger partial charge in [-0.25, -0.2) is 4.79 Å². The highest BCUT2D eigenvalue weighted by Crippen LogP contribution is 2.23. The number of fused-ring (bicyclic) bond motifs is 1. The third-order valence-corrected chi connectivity index (χ3v) is 5.81. The van der Waals surface area contributed by atoms with Crippen molar-refractivity contribution in [3.05, 3.63) is 85.9 Å². The summed E-state index contributed by atoms with van der Waals surface area (Å²) in [7, 11) is 0. The highest BCUT2D eigenvalue weighted by atomic mass is 79.9. The molecular weight excluding hydrogens is 476 g/mol. The zero-order valence-electron chi connectivity index (χ0n) is 17.3. The van der Waals surface area contributed by atoms with Crippen LogP contribution < -0.4 is 16.3 Å². The second kappa shape index (κ2) is 8.64. The molecule has 0 saturated carbocycles. The second-order valence-corrected chi connectivity index (χ2v) is 8.69. The molecule has 0 atom stereocenters. The van der Waals surface area contributed by atoms with E-state index in [0.29, 0.717) is 17.2 Å². The van der Waals surface area contributed by atoms with Crippen molar-refractivity contribution < 1.29 is 4.42 Å². The molecule has 2 aromatic carbocycles. The molecule has 4 rings (SSSR count). The number of halogens is 1. The lowest BCUT2D eigenvalue weighted by molar-refractivity contribution is 0.560. The van der Waals surface area contributed by atoms with Crippen LogP contribution in [0.4, 0.5) is 11.4 Å². The van der Waals surface area contributed by atoms with Gasteiger partial charge in [0.15, 0.2) is 5.11 Å². The smallest absolute Gasteiger partial charge is 0.336 e. The van der Waals surface area contributed by atoms with E-state index in [1.54, 1.807) is 6.07 Å². The normalized spacial score (nSPS) is 11.0. The molecule has 0 fully saturated rings. The fraction of sp³-hybridized carbons (Fsp3) is 0.174. The number of hydrogen-bond donors (Lipinski definition) is 2. The SMILES string of the molecule is Cc1nn(Cc2ccc(Br)cc2)c(C)c1NC(=S)Nc1ccc2c(C)cc(=O)oc2c1. The lowest BCUT2D eigenvalue weighted by Crippen LogP contribution is -2.20. The Bertz CT molecular complexity index is 1340. The van der Waals surface area contributed by atoms with Crippen LogP contribution >= 0.6 is 28.1 Å². The van der Waals surface area contributed by atoms with Crippen molar-refractivity contribution >= 4 is 55.6 Å². The van der Waals surface area contributed by atoms with Crippen molar-refractivity contribution in [2.45, 2.75) is 27.3 Å². The van der Waals surface area contributed by atoms with Gasteiger partial charge in [-0.3, -0.25) is 4.68 Å². The quantitative estimate of drug-likeness (QED) is 0.285. The average Bonchev–Trinajstić information content (AvgIpc) is 2.96. The van der Waals surface area contributed by atoms with Crippen molar-refractivity contribution in [1.29, 1.82) is 0 Å². The third kappa shape index (κ3) is 4.70. The van der Waals surface area contributed by atoms with Gasteiger partial charge in [-0.1, -0.05) is 28.1 Å². The zero-order chi connectivity index (χ0) is 22.1. The molecular formula is C23H21BrN4O2S. The number of hydrogen-bond acceptors (Lipinski definition) is 4. The fourth-order valence-corrected chi connectivity index (χ4v) is 3.96. The van der Waals surface area contributed by atoms with E-state index in [1.165, 1.54) is 6.07 Å². The molecule has 2 N–H and O–H groups in total. The van der Waals surface area contributed by atoms with Crippen molar-refractivity contribution in [3.63, 3.8) is 0 Å². The topological polar surface area (TPSA) is 72.1 Å². The number of aromatic nitrogens is 2. The predicted molar refractivity (Wildman–Crippen MR) is 132 cm³/mol. The molecule has 0 saturated heterocycles. The van der Waals surface area contributed by atoms with Gasteiger partial charge in [-0.05, 0) is 68.4 Å². The molecule has 4 aromatic rings. The summed E-state index contributed by atoms with van der Waals surface area (Å²) in [6.45, 7) is 6.52. The Balaban J connectivity index is 1.51. The van der Waals surface area contributed by atoms with E-state index >= 15 is 0 Å². The second-order valence-electron chi connectivity index (χ2n) is 7.37. The summed E-state index contributed by atoms with van der Waals surface area (Å²) < 4.78 is 8.32. The minimum Gasteiger partial charge on any atom is -0.423 e. The van der Waals surface area contributed by atoms with E-state index in [-0.39, 0.29) is 5.63 Å². The average molecular weight is 497 g/mol. The van der Waals surface area contributed by atoms with Crippen LogP contribution in [-0.4, -0.2) is 14.9 Å². The van der Waals surface area contributed by atoms with Crippen molar-refractivity contribution in [3.8, 4) is 0 Å². The van der Waals surface area contributed by atoms with Gasteiger partial charge in [0.1, 0.15) is 5.58 Å². The van der Waals surface area contributed by atoms with Crippen molar-refractivity contribution in [2.75, 3.05) is 10.6 Å². The van der Waals surface area contributed by atoms with E-state index < -0.39 is 0 Å². The number of aryl methyl sites for hydroxylation is 2. The largest absolute Gasteiger partial charge is 0.423 e. The van der Waals surface area contributed by atoms with Gasteiger partial charge in [0.05, 0.1) is 23.6 Å². The molecule has 8 heteroatoms. The maximum atomic E-state index is 11.7. The third-order valence-electron chi connectivity index (χ3n) is 5.07. The minimum atomic E-state index is -0.368. The van der Waals surface area contributed by atoms with Crippen LogP contribution in [0, 0.1) is 20.8 Å². The Morgan fingerprint density at radius 2 is 1.84 bits per heavy atom. The lowest BCUT2D eigenvalue weighted by Gasteiger charge is -2.12. The molecule has 0 radical (unpaired) electrons. The van der Waals surface area contributed by atoms with E-state index in [0.717, 1.165) is 43.7 Å². The highest BCUT2D eigenvalue weighted by molar-refractivity contribution is 9.10. The Morgan fingerprint density at radius 1 is 1.10 bits per heavy atom. The van der Waals surface area contributed by atoms with E-state index in [9.17, 15) is 4.79 Å². The van der Waals surface area contributed by atoms with Crippen LogP contribution in [0.5, 0.6) is 0 Å². The summed E-state index contributed by atoms with van der Waals surface area (Å²) in [6, 6.07) is 15.2. The van der Waals surface area contributed by atoms with Crippen LogP contribution in [0.25, 0.3) is 11.0 Å². The summed E-state index contributed by atoms with van der Waals surface area (Å²) in [5.41, 5.74) is 5.65. The van der Waals surface area contributed by atoms with Gasteiger partial charge in [0.25, 0.3) is 0 Å². The Kier molecular flexibility index (Phi) is 5.93. The van der Waals surface area contributed by atoms with Gasteiger partial charge in [0, 0.05) is 27.7 Å². The predicted octanol–water partition coefficient (Wildman–Crippen LogP) is 5.53. The Morgan fingerprint density at radius 3 is 2.58 bits per heavy atom. The fourth-order valence-electron chi connectivity index (χ4n) is 3.47. The number of anilines is 2. The first-order valence-corrected chi connectivity index (χ1v) is 10.9. The maximum Gasteiger partial charge on any atom is 0.336 e. The van der Waals surface area contributed by atoms with Crippen LogP contribution in [0.15, 0.2) is 62.2 Å². The molecule has 0 bridgehead atoms. The summed E-state index contributed by atoms with van der Waals surface area (Å²) in [5.74, 6) is 0. The number of benzene rings is 2. The lowest BCUT2D eigenvalue weighted by atomic mass is 10.1. The summed E-state index contributed by atoms with van der Waals surface area (Å²) >= 11 is 8.97. The first-order valence-electron chi connectivity index (χ1n) is 9.71. The van der Waals surface area contributed by atoms with E-state index in [4.69, 9.17) is 16.6 Å². The zero-order valence-corrected chi connectivity index (χ0v) is 19.7. The monoisotopic (exact) mass is 496 g/mol. The van der Waals surface area contributed by atoms with Gasteiger partial charge < -0.3 is 15.1 Å². The van der Waals surface area contributed by atoms with Crippen LogP contribution in [0.2, 0.25) is 0 Å². The molecule has 0 spiro atoms. The highest BCUT2D eigenvalue weighted by Gasteiger charge is 2.13. The molecule has 2 aromatic heterocycles. The van der Waals surface area contributed by atoms with Gasteiger partial charge >= 0.3 is 5.63 Å². The Hall–Kier alpha value is -2.97. The van der Waals surface area contributed by atoms with Gasteiger partial charge in [0.2, 0.25) is 0 Å². The van der Waals surface area contributed by atoms with E-state index in [1.807, 2.05) is 49.7 Å². The van der Waals surface area contributed by atoms with E-state index in [2.05, 4.69) is 43.8 Å². The summed E-state index contributed by atoms with van der Waals surface area (Å²) in [5, 5.41) is 12.4. The van der Waals surface area contributed by atoms with Crippen LogP contribution in [-0.2, 0) is 6.54 Å². The van der Waals surface area contributed by atoms with Gasteiger partial charge in [-0.15, -0.1) is 0 Å². The molecule has 6 nitrogen and oxygen atoms in total. The molecule has 0 unspecified atom stereocenters. The standard InChI is InChI=1S/C23H21BrN4O2S/c1-13-10-21(29)30-20-11-18(8-9-19(13)20)25-23(31)26-22-14(2)27-28(15(22)3)12-16-4-6-17(24)7-5-16/h4-11H,12H2,1-3H3,(H2,25,26,31). The first-order chi connectivity index (χ1) is 14.8. The van der Waals surface area contributed by atoms with Crippen molar-refractivity contribution in [2.24, 2.45) is 0 Å². The van der Waals surface area contributed by atoms with Crippen molar-refractivity contribution in [1.82, 2.24) is 9.78 Å². The molecule has 0 aliphatic rings. The van der Waals surface area contributed by atoms with Gasteiger partial charge in [-0.2, -0.15) is 5.10 Å². The molecule has 0 aliphatic carbocycles. The molecule has 0 aliphatic heterocycles. The molecule has 31 heavy (non-hydrogen) atoms. The summed E-state index contributed by atoms with van der Waals surface area (Å²) in [6.07, 6.45) is 0. The number of rotatable bonds is 4. The summed E-state index contributed by atoms with van der Waals surface area (Å²) in [4.78, 5) is 11.7. The number of nitrogens with zero attached hydrogens (tertiary/aromatic N) is 2. The molecule has 0 amide bonds. The Labute approximate surface area is 193 Å². The molecule has 158 valence electrons. The van der Waals surface area contributed by atoms with Crippen LogP contribution in [0.1, 0.15) is 22.5 Å². The number of nitrogens with one attached hydrogen (secondary N) is 2. The maximum absolute atomic E-state index is 11.7. The number of thiocarbonyl (C=S) groups is 1. The van der Waals surface area contributed by atoms with Crippen LogP contribution in [0.3, 0.4) is 0 Å². The minimum absolute atomic E-state index is 0.368.